The highest BCUT2D eigenvalue weighted by Gasteiger charge is 2.10. The van der Waals surface area contributed by atoms with E-state index in [1.165, 1.54) is 16.7 Å². The molecule has 100 valence electrons. The van der Waals surface area contributed by atoms with Crippen LogP contribution in [0.4, 0.5) is 5.69 Å². The van der Waals surface area contributed by atoms with Gasteiger partial charge in [0.25, 0.3) is 0 Å². The van der Waals surface area contributed by atoms with E-state index in [0.717, 1.165) is 30.9 Å². The summed E-state index contributed by atoms with van der Waals surface area (Å²) in [6.07, 6.45) is 0. The fourth-order valence-corrected chi connectivity index (χ4v) is 2.64. The standard InChI is InChI=1S/C17H17N3/c1-12-3-2-4-14(8-18)17(12)20-9-13-5-6-15-10-19-11-16(15)7-13/h2-7,19-20H,9-11H2,1H3. The Labute approximate surface area is 119 Å². The first-order valence-electron chi connectivity index (χ1n) is 6.83. The molecule has 0 radical (unpaired) electrons. The van der Waals surface area contributed by atoms with Crippen molar-refractivity contribution >= 4 is 5.69 Å². The number of nitriles is 1. The van der Waals surface area contributed by atoms with E-state index in [-0.39, 0.29) is 0 Å². The Morgan fingerprint density at radius 1 is 1.20 bits per heavy atom. The van der Waals surface area contributed by atoms with Crippen molar-refractivity contribution in [2.75, 3.05) is 5.32 Å². The van der Waals surface area contributed by atoms with E-state index in [1.807, 2.05) is 25.1 Å². The monoisotopic (exact) mass is 263 g/mol. The van der Waals surface area contributed by atoms with Gasteiger partial charge in [0, 0.05) is 19.6 Å². The van der Waals surface area contributed by atoms with E-state index >= 15 is 0 Å². The van der Waals surface area contributed by atoms with Gasteiger partial charge in [-0.25, -0.2) is 0 Å². The van der Waals surface area contributed by atoms with Crippen LogP contribution in [0.25, 0.3) is 0 Å². The van der Waals surface area contributed by atoms with Crippen LogP contribution in [-0.2, 0) is 19.6 Å². The second kappa shape index (κ2) is 5.36. The maximum absolute atomic E-state index is 9.17. The molecule has 2 N–H and O–H groups in total. The van der Waals surface area contributed by atoms with Crippen LogP contribution in [0.2, 0.25) is 0 Å². The van der Waals surface area contributed by atoms with Crippen LogP contribution < -0.4 is 10.6 Å². The Bertz CT molecular complexity index is 683. The number of hydrogen-bond acceptors (Lipinski definition) is 3. The van der Waals surface area contributed by atoms with Crippen LogP contribution >= 0.6 is 0 Å². The number of anilines is 1. The lowest BCUT2D eigenvalue weighted by Gasteiger charge is -2.12. The van der Waals surface area contributed by atoms with Crippen LogP contribution in [0.3, 0.4) is 0 Å². The predicted molar refractivity (Wildman–Crippen MR) is 80.2 cm³/mol. The average molecular weight is 263 g/mol. The molecule has 0 aromatic heterocycles. The van der Waals surface area contributed by atoms with E-state index in [4.69, 9.17) is 5.26 Å². The first-order valence-corrected chi connectivity index (χ1v) is 6.83. The second-order valence-corrected chi connectivity index (χ2v) is 5.17. The lowest BCUT2D eigenvalue weighted by Crippen LogP contribution is -2.03. The summed E-state index contributed by atoms with van der Waals surface area (Å²) in [6.45, 7) is 4.69. The van der Waals surface area contributed by atoms with E-state index in [2.05, 4.69) is 34.9 Å². The molecule has 1 aliphatic rings. The lowest BCUT2D eigenvalue weighted by molar-refractivity contribution is 0.764. The second-order valence-electron chi connectivity index (χ2n) is 5.17. The van der Waals surface area contributed by atoms with Crippen molar-refractivity contribution in [2.45, 2.75) is 26.6 Å². The van der Waals surface area contributed by atoms with Crippen molar-refractivity contribution in [1.29, 1.82) is 5.26 Å². The van der Waals surface area contributed by atoms with Gasteiger partial charge >= 0.3 is 0 Å². The van der Waals surface area contributed by atoms with Crippen molar-refractivity contribution in [3.8, 4) is 6.07 Å². The molecule has 3 rings (SSSR count). The molecule has 0 spiro atoms. The Kier molecular flexibility index (Phi) is 3.41. The maximum Gasteiger partial charge on any atom is 0.101 e. The number of aryl methyl sites for hydroxylation is 1. The fraction of sp³-hybridized carbons (Fsp3) is 0.235. The van der Waals surface area contributed by atoms with E-state index in [9.17, 15) is 0 Å². The van der Waals surface area contributed by atoms with E-state index < -0.39 is 0 Å². The first-order chi connectivity index (χ1) is 9.78. The normalized spacial score (nSPS) is 12.8. The van der Waals surface area contributed by atoms with Crippen molar-refractivity contribution in [3.63, 3.8) is 0 Å². The molecule has 0 saturated heterocycles. The summed E-state index contributed by atoms with van der Waals surface area (Å²) in [5.74, 6) is 0. The molecule has 2 aromatic rings. The smallest absolute Gasteiger partial charge is 0.101 e. The van der Waals surface area contributed by atoms with Gasteiger partial charge in [-0.15, -0.1) is 0 Å². The lowest BCUT2D eigenvalue weighted by atomic mass is 10.1. The molecule has 0 bridgehead atoms. The molecular formula is C17H17N3. The fourth-order valence-electron chi connectivity index (χ4n) is 2.64. The zero-order chi connectivity index (χ0) is 13.9. The summed E-state index contributed by atoms with van der Waals surface area (Å²) in [4.78, 5) is 0. The van der Waals surface area contributed by atoms with Gasteiger partial charge in [-0.1, -0.05) is 30.3 Å². The Hall–Kier alpha value is -2.31. The van der Waals surface area contributed by atoms with Crippen molar-refractivity contribution in [2.24, 2.45) is 0 Å². The minimum Gasteiger partial charge on any atom is -0.380 e. The van der Waals surface area contributed by atoms with E-state index in [0.29, 0.717) is 5.56 Å². The maximum atomic E-state index is 9.17. The molecule has 0 atom stereocenters. The Balaban J connectivity index is 1.79. The van der Waals surface area contributed by atoms with Crippen molar-refractivity contribution in [3.05, 3.63) is 64.2 Å². The average Bonchev–Trinajstić information content (AvgIpc) is 2.93. The van der Waals surface area contributed by atoms with Crippen LogP contribution in [0, 0.1) is 18.3 Å². The molecule has 2 aromatic carbocycles. The number of para-hydroxylation sites is 1. The highest BCUT2D eigenvalue weighted by Crippen LogP contribution is 2.22. The van der Waals surface area contributed by atoms with Crippen molar-refractivity contribution < 1.29 is 0 Å². The molecule has 0 saturated carbocycles. The van der Waals surface area contributed by atoms with Gasteiger partial charge in [0.1, 0.15) is 6.07 Å². The zero-order valence-corrected chi connectivity index (χ0v) is 11.5. The molecule has 0 fully saturated rings. The zero-order valence-electron chi connectivity index (χ0n) is 11.5. The van der Waals surface area contributed by atoms with Gasteiger partial charge in [0.2, 0.25) is 0 Å². The quantitative estimate of drug-likeness (QED) is 0.894. The Morgan fingerprint density at radius 2 is 2.05 bits per heavy atom. The molecule has 3 heteroatoms. The summed E-state index contributed by atoms with van der Waals surface area (Å²) in [5.41, 5.74) is 6.77. The first kappa shape index (κ1) is 12.7. The third kappa shape index (κ3) is 2.38. The van der Waals surface area contributed by atoms with Gasteiger partial charge in [-0.05, 0) is 35.2 Å². The number of hydrogen-bond donors (Lipinski definition) is 2. The summed E-state index contributed by atoms with van der Waals surface area (Å²) in [5, 5.41) is 15.9. The third-order valence-electron chi connectivity index (χ3n) is 3.76. The molecule has 0 unspecified atom stereocenters. The predicted octanol–water partition coefficient (Wildman–Crippen LogP) is 3.08. The van der Waals surface area contributed by atoms with Gasteiger partial charge in [-0.2, -0.15) is 5.26 Å². The minimum absolute atomic E-state index is 0.702. The number of nitrogens with zero attached hydrogens (tertiary/aromatic N) is 1. The highest BCUT2D eigenvalue weighted by molar-refractivity contribution is 5.62. The summed E-state index contributed by atoms with van der Waals surface area (Å²) in [7, 11) is 0. The number of fused-ring (bicyclic) bond motifs is 1. The molecule has 1 heterocycles. The number of rotatable bonds is 3. The number of benzene rings is 2. The number of nitrogens with one attached hydrogen (secondary N) is 2. The molecule has 3 nitrogen and oxygen atoms in total. The van der Waals surface area contributed by atoms with Gasteiger partial charge in [0.15, 0.2) is 0 Å². The minimum atomic E-state index is 0.702. The summed E-state index contributed by atoms with van der Waals surface area (Å²) in [6, 6.07) is 14.6. The van der Waals surface area contributed by atoms with Gasteiger partial charge in [-0.3, -0.25) is 0 Å². The molecule has 20 heavy (non-hydrogen) atoms. The van der Waals surface area contributed by atoms with Gasteiger partial charge < -0.3 is 10.6 Å². The Morgan fingerprint density at radius 3 is 2.90 bits per heavy atom. The molecule has 0 aliphatic carbocycles. The van der Waals surface area contributed by atoms with Gasteiger partial charge in [0.05, 0.1) is 11.3 Å². The van der Waals surface area contributed by atoms with E-state index in [1.54, 1.807) is 0 Å². The molecular weight excluding hydrogens is 246 g/mol. The van der Waals surface area contributed by atoms with Crippen LogP contribution in [0.5, 0.6) is 0 Å². The molecule has 0 amide bonds. The topological polar surface area (TPSA) is 47.9 Å². The van der Waals surface area contributed by atoms with Crippen LogP contribution in [0.15, 0.2) is 36.4 Å². The van der Waals surface area contributed by atoms with Crippen molar-refractivity contribution in [1.82, 2.24) is 5.32 Å². The molecule has 1 aliphatic heterocycles. The summed E-state index contributed by atoms with van der Waals surface area (Å²) < 4.78 is 0. The van der Waals surface area contributed by atoms with Crippen LogP contribution in [0.1, 0.15) is 27.8 Å². The SMILES string of the molecule is Cc1cccc(C#N)c1NCc1ccc2c(c1)CNC2. The van der Waals surface area contributed by atoms with Crippen LogP contribution in [-0.4, -0.2) is 0 Å². The third-order valence-corrected chi connectivity index (χ3v) is 3.76. The largest absolute Gasteiger partial charge is 0.380 e. The summed E-state index contributed by atoms with van der Waals surface area (Å²) >= 11 is 0. The highest BCUT2D eigenvalue weighted by atomic mass is 14.9.